The van der Waals surface area contributed by atoms with Gasteiger partial charge in [0.15, 0.2) is 5.60 Å². The molecule has 0 aliphatic rings. The number of hydrogen-bond acceptors (Lipinski definition) is 6. The SMILES string of the molecule is COC(=O)CC(O)(C#N)CSCCCCCCc1cccnc1. The maximum absolute atomic E-state index is 11.2. The number of unbranched alkanes of at least 4 members (excludes halogenated alkanes) is 3. The molecule has 126 valence electrons. The van der Waals surface area contributed by atoms with Gasteiger partial charge in [-0.3, -0.25) is 9.78 Å². The molecule has 0 aromatic carbocycles. The van der Waals surface area contributed by atoms with E-state index >= 15 is 0 Å². The van der Waals surface area contributed by atoms with E-state index in [0.717, 1.165) is 37.9 Å². The smallest absolute Gasteiger partial charge is 0.309 e. The second kappa shape index (κ2) is 11.0. The summed E-state index contributed by atoms with van der Waals surface area (Å²) in [6, 6.07) is 5.85. The highest BCUT2D eigenvalue weighted by molar-refractivity contribution is 7.99. The van der Waals surface area contributed by atoms with Crippen LogP contribution in [-0.2, 0) is 16.0 Å². The van der Waals surface area contributed by atoms with Crippen LogP contribution in [0.15, 0.2) is 24.5 Å². The number of ether oxygens (including phenoxy) is 1. The van der Waals surface area contributed by atoms with Crippen molar-refractivity contribution >= 4 is 17.7 Å². The van der Waals surface area contributed by atoms with Gasteiger partial charge in [0.1, 0.15) is 0 Å². The first-order valence-electron chi connectivity index (χ1n) is 7.77. The maximum Gasteiger partial charge on any atom is 0.309 e. The number of nitrogens with zero attached hydrogens (tertiary/aromatic N) is 2. The summed E-state index contributed by atoms with van der Waals surface area (Å²) in [6.07, 6.45) is 8.91. The number of esters is 1. The van der Waals surface area contributed by atoms with Crippen LogP contribution in [0.25, 0.3) is 0 Å². The number of carbonyl (C=O) groups excluding carboxylic acids is 1. The number of carbonyl (C=O) groups is 1. The Labute approximate surface area is 142 Å². The van der Waals surface area contributed by atoms with Gasteiger partial charge < -0.3 is 9.84 Å². The van der Waals surface area contributed by atoms with Crippen molar-refractivity contribution in [2.24, 2.45) is 0 Å². The molecule has 1 rings (SSSR count). The highest BCUT2D eigenvalue weighted by Crippen LogP contribution is 2.19. The number of pyridine rings is 1. The topological polar surface area (TPSA) is 83.2 Å². The molecule has 0 fully saturated rings. The molecular formula is C17H24N2O3S. The Balaban J connectivity index is 2.06. The number of hydrogen-bond donors (Lipinski definition) is 1. The molecule has 0 aliphatic carbocycles. The molecule has 0 amide bonds. The summed E-state index contributed by atoms with van der Waals surface area (Å²) in [4.78, 5) is 15.3. The number of aryl methyl sites for hydroxylation is 1. The molecule has 1 aromatic heterocycles. The van der Waals surface area contributed by atoms with Gasteiger partial charge in [-0.15, -0.1) is 0 Å². The normalized spacial score (nSPS) is 13.1. The Kier molecular flexibility index (Phi) is 9.34. The van der Waals surface area contributed by atoms with E-state index < -0.39 is 11.6 Å². The Morgan fingerprint density at radius 2 is 2.22 bits per heavy atom. The average molecular weight is 336 g/mol. The summed E-state index contributed by atoms with van der Waals surface area (Å²) in [5.74, 6) is 0.539. The van der Waals surface area contributed by atoms with Crippen molar-refractivity contribution in [3.63, 3.8) is 0 Å². The van der Waals surface area contributed by atoms with Gasteiger partial charge >= 0.3 is 5.97 Å². The maximum atomic E-state index is 11.2. The first-order valence-corrected chi connectivity index (χ1v) is 8.92. The van der Waals surface area contributed by atoms with Gasteiger partial charge in [0, 0.05) is 18.1 Å². The van der Waals surface area contributed by atoms with Crippen molar-refractivity contribution in [1.82, 2.24) is 4.98 Å². The van der Waals surface area contributed by atoms with Crippen LogP contribution in [0.3, 0.4) is 0 Å². The highest BCUT2D eigenvalue weighted by Gasteiger charge is 2.30. The van der Waals surface area contributed by atoms with Gasteiger partial charge in [-0.1, -0.05) is 18.9 Å². The van der Waals surface area contributed by atoms with Crippen LogP contribution in [0.4, 0.5) is 0 Å². The molecule has 0 spiro atoms. The molecule has 1 atom stereocenters. The lowest BCUT2D eigenvalue weighted by atomic mass is 10.1. The number of aliphatic hydroxyl groups is 1. The summed E-state index contributed by atoms with van der Waals surface area (Å²) in [6.45, 7) is 0. The Hall–Kier alpha value is -1.58. The zero-order valence-corrected chi connectivity index (χ0v) is 14.3. The molecule has 0 saturated heterocycles. The molecule has 5 nitrogen and oxygen atoms in total. The van der Waals surface area contributed by atoms with E-state index in [-0.39, 0.29) is 12.2 Å². The largest absolute Gasteiger partial charge is 0.469 e. The van der Waals surface area contributed by atoms with Crippen molar-refractivity contribution in [2.75, 3.05) is 18.6 Å². The monoisotopic (exact) mass is 336 g/mol. The number of thioether (sulfide) groups is 1. The molecule has 1 unspecified atom stereocenters. The fourth-order valence-corrected chi connectivity index (χ4v) is 3.16. The summed E-state index contributed by atoms with van der Waals surface area (Å²) < 4.78 is 4.49. The van der Waals surface area contributed by atoms with Crippen molar-refractivity contribution in [3.8, 4) is 6.07 Å². The molecule has 0 bridgehead atoms. The Morgan fingerprint density at radius 3 is 2.87 bits per heavy atom. The summed E-state index contributed by atoms with van der Waals surface area (Å²) in [7, 11) is 1.25. The fraction of sp³-hybridized carbons (Fsp3) is 0.588. The predicted molar refractivity (Wildman–Crippen MR) is 90.9 cm³/mol. The van der Waals surface area contributed by atoms with Crippen molar-refractivity contribution in [2.45, 2.75) is 44.1 Å². The zero-order chi connectivity index (χ0) is 17.0. The van der Waals surface area contributed by atoms with E-state index in [0.29, 0.717) is 0 Å². The van der Waals surface area contributed by atoms with Crippen LogP contribution in [0, 0.1) is 11.3 Å². The van der Waals surface area contributed by atoms with Crippen molar-refractivity contribution < 1.29 is 14.6 Å². The minimum absolute atomic E-state index is 0.230. The van der Waals surface area contributed by atoms with Crippen LogP contribution in [-0.4, -0.2) is 40.3 Å². The highest BCUT2D eigenvalue weighted by atomic mass is 32.2. The van der Waals surface area contributed by atoms with Gasteiger partial charge in [0.05, 0.1) is 19.6 Å². The average Bonchev–Trinajstić information content (AvgIpc) is 2.58. The first-order chi connectivity index (χ1) is 11.1. The van der Waals surface area contributed by atoms with E-state index in [1.807, 2.05) is 12.3 Å². The van der Waals surface area contributed by atoms with Gasteiger partial charge in [-0.2, -0.15) is 17.0 Å². The second-order valence-electron chi connectivity index (χ2n) is 5.47. The number of aromatic nitrogens is 1. The van der Waals surface area contributed by atoms with Gasteiger partial charge in [-0.05, 0) is 36.6 Å². The van der Waals surface area contributed by atoms with Crippen molar-refractivity contribution in [1.29, 1.82) is 5.26 Å². The lowest BCUT2D eigenvalue weighted by Crippen LogP contribution is -2.33. The Morgan fingerprint density at radius 1 is 1.43 bits per heavy atom. The van der Waals surface area contributed by atoms with Crippen molar-refractivity contribution in [3.05, 3.63) is 30.1 Å². The van der Waals surface area contributed by atoms with E-state index in [4.69, 9.17) is 5.26 Å². The molecule has 0 saturated carbocycles. The third kappa shape index (κ3) is 8.58. The lowest BCUT2D eigenvalue weighted by Gasteiger charge is -2.18. The van der Waals surface area contributed by atoms with Gasteiger partial charge in [0.25, 0.3) is 0 Å². The number of rotatable bonds is 11. The summed E-state index contributed by atoms with van der Waals surface area (Å²) in [5, 5.41) is 19.0. The summed E-state index contributed by atoms with van der Waals surface area (Å²) >= 11 is 1.50. The lowest BCUT2D eigenvalue weighted by molar-refractivity contribution is -0.143. The third-order valence-electron chi connectivity index (χ3n) is 3.44. The molecular weight excluding hydrogens is 312 g/mol. The van der Waals surface area contributed by atoms with E-state index in [1.165, 1.54) is 24.4 Å². The minimum Gasteiger partial charge on any atom is -0.469 e. The van der Waals surface area contributed by atoms with Gasteiger partial charge in [-0.25, -0.2) is 0 Å². The number of methoxy groups -OCH3 is 1. The fourth-order valence-electron chi connectivity index (χ4n) is 2.11. The van der Waals surface area contributed by atoms with Crippen LogP contribution in [0.1, 0.15) is 37.7 Å². The van der Waals surface area contributed by atoms with Crippen LogP contribution in [0.5, 0.6) is 0 Å². The van der Waals surface area contributed by atoms with Gasteiger partial charge in [0.2, 0.25) is 0 Å². The second-order valence-corrected chi connectivity index (χ2v) is 6.58. The molecule has 6 heteroatoms. The first kappa shape index (κ1) is 19.5. The zero-order valence-electron chi connectivity index (χ0n) is 13.5. The molecule has 1 aromatic rings. The standard InChI is InChI=1S/C17H24N2O3S/c1-22-16(20)11-17(21,13-18)14-23-10-5-3-2-4-7-15-8-6-9-19-12-15/h6,8-9,12,21H,2-5,7,10-11,14H2,1H3. The van der Waals surface area contributed by atoms with E-state index in [2.05, 4.69) is 15.8 Å². The minimum atomic E-state index is -1.63. The van der Waals surface area contributed by atoms with Crippen LogP contribution in [0.2, 0.25) is 0 Å². The molecule has 1 heterocycles. The summed E-state index contributed by atoms with van der Waals surface area (Å²) in [5.41, 5.74) is -0.360. The third-order valence-corrected chi connectivity index (χ3v) is 4.70. The number of nitriles is 1. The van der Waals surface area contributed by atoms with Crippen LogP contribution < -0.4 is 0 Å². The quantitative estimate of drug-likeness (QED) is 0.380. The molecule has 0 radical (unpaired) electrons. The van der Waals surface area contributed by atoms with Crippen LogP contribution >= 0.6 is 11.8 Å². The van der Waals surface area contributed by atoms with E-state index in [1.54, 1.807) is 12.3 Å². The van der Waals surface area contributed by atoms with E-state index in [9.17, 15) is 9.90 Å². The molecule has 1 N–H and O–H groups in total. The molecule has 23 heavy (non-hydrogen) atoms. The molecule has 0 aliphatic heterocycles. The predicted octanol–water partition coefficient (Wildman–Crippen LogP) is 2.74. The Bertz CT molecular complexity index is 504.